The lowest BCUT2D eigenvalue weighted by molar-refractivity contribution is -0.124. The molecule has 1 N–H and O–H groups in total. The van der Waals surface area contributed by atoms with Crippen molar-refractivity contribution < 1.29 is 9.53 Å². The number of ether oxygens (including phenoxy) is 1. The lowest BCUT2D eigenvalue weighted by Gasteiger charge is -2.23. The molecule has 84 valence electrons. The Bertz CT molecular complexity index is 264. The number of carbonyl (C=O) groups excluding carboxylic acids is 1. The minimum Gasteiger partial charge on any atom is -0.373 e. The van der Waals surface area contributed by atoms with E-state index in [2.05, 4.69) is 5.32 Å². The number of nitrogens with one attached hydrogen (secondary N) is 1. The third-order valence-electron chi connectivity index (χ3n) is 2.82. The Morgan fingerprint density at radius 1 is 1.73 bits per heavy atom. The number of amides is 1. The summed E-state index contributed by atoms with van der Waals surface area (Å²) in [5.74, 6) is -0.716. The number of nitriles is 1. The van der Waals surface area contributed by atoms with Crippen molar-refractivity contribution >= 4 is 5.91 Å². The quantitative estimate of drug-likeness (QED) is 0.759. The molecule has 0 aromatic carbocycles. The molecule has 1 heterocycles. The Balaban J connectivity index is 2.36. The summed E-state index contributed by atoms with van der Waals surface area (Å²) in [6, 6.07) is 1.99. The van der Waals surface area contributed by atoms with Crippen molar-refractivity contribution in [3.8, 4) is 6.07 Å². The van der Waals surface area contributed by atoms with E-state index in [-0.39, 0.29) is 11.5 Å². The Hall–Kier alpha value is -1.08. The second-order valence-corrected chi connectivity index (χ2v) is 4.21. The molecule has 0 saturated carbocycles. The topological polar surface area (TPSA) is 62.1 Å². The van der Waals surface area contributed by atoms with Crippen molar-refractivity contribution in [1.29, 1.82) is 5.26 Å². The zero-order valence-corrected chi connectivity index (χ0v) is 9.38. The van der Waals surface area contributed by atoms with Gasteiger partial charge in [0.1, 0.15) is 5.92 Å². The van der Waals surface area contributed by atoms with Gasteiger partial charge < -0.3 is 10.1 Å². The molecule has 1 amide bonds. The minimum atomic E-state index is -0.532. The van der Waals surface area contributed by atoms with E-state index in [0.717, 1.165) is 19.4 Å². The first-order valence-electron chi connectivity index (χ1n) is 5.42. The molecule has 1 fully saturated rings. The molecule has 0 radical (unpaired) electrons. The highest BCUT2D eigenvalue weighted by Gasteiger charge is 2.30. The third-order valence-corrected chi connectivity index (χ3v) is 2.82. The van der Waals surface area contributed by atoms with Gasteiger partial charge in [0.2, 0.25) is 5.91 Å². The van der Waals surface area contributed by atoms with E-state index < -0.39 is 5.92 Å². The van der Waals surface area contributed by atoms with Gasteiger partial charge in [-0.05, 0) is 26.2 Å². The van der Waals surface area contributed by atoms with Crippen LogP contribution in [0, 0.1) is 17.2 Å². The van der Waals surface area contributed by atoms with Crippen LogP contribution in [0.15, 0.2) is 0 Å². The molecular formula is C11H18N2O2. The van der Waals surface area contributed by atoms with Gasteiger partial charge in [0.05, 0.1) is 11.7 Å². The van der Waals surface area contributed by atoms with Gasteiger partial charge in [-0.3, -0.25) is 4.79 Å². The molecule has 2 unspecified atom stereocenters. The molecular weight excluding hydrogens is 192 g/mol. The lowest BCUT2D eigenvalue weighted by atomic mass is 10.0. The van der Waals surface area contributed by atoms with Crippen molar-refractivity contribution in [2.75, 3.05) is 13.2 Å². The van der Waals surface area contributed by atoms with E-state index in [1.54, 1.807) is 0 Å². The lowest BCUT2D eigenvalue weighted by Crippen LogP contribution is -2.42. The highest BCUT2D eigenvalue weighted by Crippen LogP contribution is 2.23. The van der Waals surface area contributed by atoms with Crippen LogP contribution >= 0.6 is 0 Å². The molecule has 1 rings (SSSR count). The molecule has 15 heavy (non-hydrogen) atoms. The number of rotatable bonds is 4. The Labute approximate surface area is 90.6 Å². The van der Waals surface area contributed by atoms with Crippen LogP contribution in [0.1, 0.15) is 33.1 Å². The van der Waals surface area contributed by atoms with Gasteiger partial charge >= 0.3 is 0 Å². The zero-order valence-electron chi connectivity index (χ0n) is 9.38. The third kappa shape index (κ3) is 3.21. The van der Waals surface area contributed by atoms with Gasteiger partial charge in [-0.2, -0.15) is 5.26 Å². The van der Waals surface area contributed by atoms with Crippen LogP contribution in [0.2, 0.25) is 0 Å². The van der Waals surface area contributed by atoms with Crippen molar-refractivity contribution in [2.45, 2.75) is 38.7 Å². The fraction of sp³-hybridized carbons (Fsp3) is 0.818. The molecule has 0 aromatic heterocycles. The number of hydrogen-bond donors (Lipinski definition) is 1. The molecule has 0 bridgehead atoms. The van der Waals surface area contributed by atoms with Crippen molar-refractivity contribution in [2.24, 2.45) is 5.92 Å². The number of hydrogen-bond acceptors (Lipinski definition) is 3. The van der Waals surface area contributed by atoms with Crippen LogP contribution in [0.5, 0.6) is 0 Å². The first-order chi connectivity index (χ1) is 7.11. The van der Waals surface area contributed by atoms with Crippen LogP contribution in [-0.2, 0) is 9.53 Å². The summed E-state index contributed by atoms with van der Waals surface area (Å²) in [6.07, 6.45) is 2.57. The van der Waals surface area contributed by atoms with Crippen LogP contribution in [-0.4, -0.2) is 24.7 Å². The van der Waals surface area contributed by atoms with Crippen molar-refractivity contribution in [3.63, 3.8) is 0 Å². The maximum absolute atomic E-state index is 11.5. The van der Waals surface area contributed by atoms with Crippen LogP contribution in [0.4, 0.5) is 0 Å². The summed E-state index contributed by atoms with van der Waals surface area (Å²) >= 11 is 0. The Morgan fingerprint density at radius 2 is 2.47 bits per heavy atom. The molecule has 1 aliphatic heterocycles. The van der Waals surface area contributed by atoms with E-state index >= 15 is 0 Å². The van der Waals surface area contributed by atoms with Crippen LogP contribution in [0.25, 0.3) is 0 Å². The molecule has 2 atom stereocenters. The van der Waals surface area contributed by atoms with E-state index in [4.69, 9.17) is 10.00 Å². The van der Waals surface area contributed by atoms with Gasteiger partial charge in [-0.25, -0.2) is 0 Å². The molecule has 4 nitrogen and oxygen atoms in total. The molecule has 1 aliphatic rings. The smallest absolute Gasteiger partial charge is 0.237 e. The maximum Gasteiger partial charge on any atom is 0.237 e. The second-order valence-electron chi connectivity index (χ2n) is 4.21. The van der Waals surface area contributed by atoms with Crippen LogP contribution < -0.4 is 5.32 Å². The fourth-order valence-electron chi connectivity index (χ4n) is 1.71. The van der Waals surface area contributed by atoms with E-state index in [9.17, 15) is 4.79 Å². The monoisotopic (exact) mass is 210 g/mol. The van der Waals surface area contributed by atoms with Crippen molar-refractivity contribution in [3.05, 3.63) is 0 Å². The summed E-state index contributed by atoms with van der Waals surface area (Å²) in [5, 5.41) is 11.5. The highest BCUT2D eigenvalue weighted by molar-refractivity contribution is 5.80. The average Bonchev–Trinajstić information content (AvgIpc) is 2.65. The zero-order chi connectivity index (χ0) is 11.3. The summed E-state index contributed by atoms with van der Waals surface area (Å²) in [5.41, 5.74) is -0.233. The SMILES string of the molecule is CCC(C#N)C(=O)NCC1(C)CCCO1. The summed E-state index contributed by atoms with van der Waals surface area (Å²) in [4.78, 5) is 11.5. The first-order valence-corrected chi connectivity index (χ1v) is 5.42. The van der Waals surface area contributed by atoms with E-state index in [1.165, 1.54) is 0 Å². The van der Waals surface area contributed by atoms with E-state index in [1.807, 2.05) is 19.9 Å². The number of carbonyl (C=O) groups is 1. The molecule has 4 heteroatoms. The normalized spacial score (nSPS) is 27.0. The van der Waals surface area contributed by atoms with Gasteiger partial charge in [-0.15, -0.1) is 0 Å². The Morgan fingerprint density at radius 3 is 2.93 bits per heavy atom. The average molecular weight is 210 g/mol. The summed E-state index contributed by atoms with van der Waals surface area (Å²) in [7, 11) is 0. The van der Waals surface area contributed by atoms with Gasteiger partial charge in [-0.1, -0.05) is 6.92 Å². The standard InChI is InChI=1S/C11H18N2O2/c1-3-9(7-12)10(14)13-8-11(2)5-4-6-15-11/h9H,3-6,8H2,1-2H3,(H,13,14). The Kier molecular flexibility index (Phi) is 4.10. The maximum atomic E-state index is 11.5. The largest absolute Gasteiger partial charge is 0.373 e. The molecule has 0 aliphatic carbocycles. The van der Waals surface area contributed by atoms with Crippen LogP contribution in [0.3, 0.4) is 0 Å². The molecule has 0 spiro atoms. The van der Waals surface area contributed by atoms with E-state index in [0.29, 0.717) is 13.0 Å². The van der Waals surface area contributed by atoms with Gasteiger partial charge in [0.25, 0.3) is 0 Å². The minimum absolute atomic E-state index is 0.184. The van der Waals surface area contributed by atoms with Gasteiger partial charge in [0.15, 0.2) is 0 Å². The fourth-order valence-corrected chi connectivity index (χ4v) is 1.71. The summed E-state index contributed by atoms with van der Waals surface area (Å²) < 4.78 is 5.54. The predicted molar refractivity (Wildman–Crippen MR) is 56.0 cm³/mol. The first kappa shape index (κ1) is 12.0. The summed E-state index contributed by atoms with van der Waals surface area (Å²) in [6.45, 7) is 5.10. The predicted octanol–water partition coefficient (Wildman–Crippen LogP) is 1.22. The van der Waals surface area contributed by atoms with Gasteiger partial charge in [0, 0.05) is 13.2 Å². The molecule has 0 aromatic rings. The number of nitrogens with zero attached hydrogens (tertiary/aromatic N) is 1. The molecule has 1 saturated heterocycles. The highest BCUT2D eigenvalue weighted by atomic mass is 16.5. The second kappa shape index (κ2) is 5.13. The van der Waals surface area contributed by atoms with Crippen molar-refractivity contribution in [1.82, 2.24) is 5.32 Å².